The Labute approximate surface area is 163 Å². The van der Waals surface area contributed by atoms with E-state index in [0.29, 0.717) is 25.1 Å². The number of hydrogen-bond donors (Lipinski definition) is 1. The Morgan fingerprint density at radius 3 is 2.64 bits per heavy atom. The van der Waals surface area contributed by atoms with E-state index in [1.165, 1.54) is 29.8 Å². The third-order valence-electron chi connectivity index (χ3n) is 5.73. The molecule has 1 atom stereocenters. The molecule has 1 aromatic carbocycles. The van der Waals surface area contributed by atoms with Crippen LogP contribution in [0, 0.1) is 11.7 Å². The maximum atomic E-state index is 13.2. The molecule has 148 valence electrons. The van der Waals surface area contributed by atoms with E-state index in [0.717, 1.165) is 49.2 Å². The Balaban J connectivity index is 1.70. The zero-order chi connectivity index (χ0) is 19.7. The van der Waals surface area contributed by atoms with Gasteiger partial charge >= 0.3 is 6.09 Å². The van der Waals surface area contributed by atoms with Gasteiger partial charge in [-0.1, -0.05) is 6.42 Å². The minimum absolute atomic E-state index is 0.0371. The number of carbonyl (C=O) groups excluding carboxylic acids is 2. The van der Waals surface area contributed by atoms with Gasteiger partial charge in [-0.15, -0.1) is 0 Å². The van der Waals surface area contributed by atoms with E-state index in [4.69, 9.17) is 4.74 Å². The molecule has 1 aliphatic carbocycles. The van der Waals surface area contributed by atoms with Crippen LogP contribution in [-0.4, -0.2) is 29.6 Å². The summed E-state index contributed by atoms with van der Waals surface area (Å²) in [5, 5.41) is 3.42. The molecule has 5 nitrogen and oxygen atoms in total. The van der Waals surface area contributed by atoms with Crippen molar-refractivity contribution in [3.8, 4) is 0 Å². The quantitative estimate of drug-likeness (QED) is 0.631. The largest absolute Gasteiger partial charge is 0.449 e. The van der Waals surface area contributed by atoms with Gasteiger partial charge in [-0.05, 0) is 62.4 Å². The summed E-state index contributed by atoms with van der Waals surface area (Å²) >= 11 is 0. The van der Waals surface area contributed by atoms with Crippen LogP contribution in [0.15, 0.2) is 24.3 Å². The number of hydrogen-bond acceptors (Lipinski definition) is 4. The molecule has 1 aromatic heterocycles. The summed E-state index contributed by atoms with van der Waals surface area (Å²) < 4.78 is 20.2. The molecule has 0 saturated carbocycles. The van der Waals surface area contributed by atoms with Gasteiger partial charge in [-0.3, -0.25) is 9.36 Å². The van der Waals surface area contributed by atoms with Gasteiger partial charge in [0.15, 0.2) is 5.78 Å². The first-order valence-electron chi connectivity index (χ1n) is 10.1. The third-order valence-corrected chi connectivity index (χ3v) is 5.73. The molecular formula is C22H25FN2O3. The highest BCUT2D eigenvalue weighted by molar-refractivity contribution is 5.99. The number of halogens is 1. The smallest absolute Gasteiger partial charge is 0.418 e. The summed E-state index contributed by atoms with van der Waals surface area (Å²) in [7, 11) is 0. The van der Waals surface area contributed by atoms with Crippen LogP contribution in [0.2, 0.25) is 0 Å². The maximum Gasteiger partial charge on any atom is 0.418 e. The van der Waals surface area contributed by atoms with Crippen LogP contribution in [-0.2, 0) is 24.0 Å². The first-order valence-corrected chi connectivity index (χ1v) is 10.1. The fraction of sp³-hybridized carbons (Fsp3) is 0.455. The third kappa shape index (κ3) is 3.32. The molecule has 2 aliphatic rings. The second kappa shape index (κ2) is 7.78. The molecule has 0 bridgehead atoms. The zero-order valence-electron chi connectivity index (χ0n) is 16.1. The van der Waals surface area contributed by atoms with Crippen LogP contribution in [0.5, 0.6) is 0 Å². The number of ether oxygens (including phenoxy) is 1. The zero-order valence-corrected chi connectivity index (χ0v) is 16.1. The highest BCUT2D eigenvalue weighted by atomic mass is 19.1. The number of Topliss-reactive ketones (excluding diaryl/α,β-unsaturated/α-hetero) is 1. The summed E-state index contributed by atoms with van der Waals surface area (Å²) in [5.41, 5.74) is 4.58. The predicted molar refractivity (Wildman–Crippen MR) is 105 cm³/mol. The van der Waals surface area contributed by atoms with Gasteiger partial charge in [0.2, 0.25) is 0 Å². The number of nitrogens with one attached hydrogen (secondary N) is 1. The number of carbonyl (C=O) groups is 2. The summed E-state index contributed by atoms with van der Waals surface area (Å²) in [6.07, 6.45) is 5.20. The number of rotatable bonds is 3. The number of nitrogens with zero attached hydrogens (tertiary/aromatic N) is 1. The molecular weight excluding hydrogens is 359 g/mol. The van der Waals surface area contributed by atoms with Crippen molar-refractivity contribution in [2.45, 2.75) is 45.4 Å². The highest BCUT2D eigenvalue weighted by Crippen LogP contribution is 2.38. The molecule has 2 aromatic rings. The van der Waals surface area contributed by atoms with E-state index < -0.39 is 0 Å². The molecule has 1 aliphatic heterocycles. The molecule has 1 N–H and O–H groups in total. The van der Waals surface area contributed by atoms with E-state index >= 15 is 0 Å². The molecule has 2 heterocycles. The Morgan fingerprint density at radius 2 is 1.89 bits per heavy atom. The van der Waals surface area contributed by atoms with E-state index in [1.807, 2.05) is 0 Å². The van der Waals surface area contributed by atoms with Crippen LogP contribution >= 0.6 is 0 Å². The van der Waals surface area contributed by atoms with Gasteiger partial charge < -0.3 is 10.1 Å². The Hall–Kier alpha value is -2.63. The van der Waals surface area contributed by atoms with Gasteiger partial charge in [0.1, 0.15) is 5.82 Å². The first-order chi connectivity index (χ1) is 13.6. The van der Waals surface area contributed by atoms with Crippen molar-refractivity contribution in [1.29, 1.82) is 0 Å². The Bertz CT molecular complexity index is 901. The first kappa shape index (κ1) is 18.7. The summed E-state index contributed by atoms with van der Waals surface area (Å²) in [6.45, 7) is 2.63. The fourth-order valence-corrected chi connectivity index (χ4v) is 4.41. The lowest BCUT2D eigenvalue weighted by atomic mass is 9.89. The number of benzene rings is 1. The maximum absolute atomic E-state index is 13.2. The molecule has 6 heteroatoms. The topological polar surface area (TPSA) is 60.3 Å². The summed E-state index contributed by atoms with van der Waals surface area (Å²) in [5.74, 6) is -0.699. The summed E-state index contributed by atoms with van der Waals surface area (Å²) in [4.78, 5) is 25.7. The molecule has 0 fully saturated rings. The predicted octanol–water partition coefficient (Wildman–Crippen LogP) is 4.37. The van der Waals surface area contributed by atoms with Gasteiger partial charge in [0, 0.05) is 30.1 Å². The van der Waals surface area contributed by atoms with Crippen molar-refractivity contribution < 1.29 is 18.7 Å². The highest BCUT2D eigenvalue weighted by Gasteiger charge is 2.34. The van der Waals surface area contributed by atoms with Crippen LogP contribution in [0.3, 0.4) is 0 Å². The average Bonchev–Trinajstić information content (AvgIpc) is 2.83. The van der Waals surface area contributed by atoms with E-state index in [9.17, 15) is 14.0 Å². The number of anilines is 1. The van der Waals surface area contributed by atoms with Crippen LogP contribution in [0.1, 0.15) is 53.5 Å². The van der Waals surface area contributed by atoms with Crippen molar-refractivity contribution >= 4 is 17.6 Å². The SMILES string of the molecule is CCOC(=O)n1c2c(c3c1CC(C(=O)c1ccc(F)cc1)CN3)CCCCC2. The Morgan fingerprint density at radius 1 is 1.14 bits per heavy atom. The van der Waals surface area contributed by atoms with Crippen molar-refractivity contribution in [3.63, 3.8) is 0 Å². The monoisotopic (exact) mass is 384 g/mol. The minimum Gasteiger partial charge on any atom is -0.449 e. The minimum atomic E-state index is -0.362. The lowest BCUT2D eigenvalue weighted by Crippen LogP contribution is -2.32. The van der Waals surface area contributed by atoms with Crippen molar-refractivity contribution in [3.05, 3.63) is 52.6 Å². The van der Waals surface area contributed by atoms with Gasteiger partial charge in [0.25, 0.3) is 0 Å². The second-order valence-electron chi connectivity index (χ2n) is 7.50. The van der Waals surface area contributed by atoms with Crippen molar-refractivity contribution in [2.24, 2.45) is 5.92 Å². The van der Waals surface area contributed by atoms with Crippen LogP contribution in [0.25, 0.3) is 0 Å². The number of ketones is 1. The van der Waals surface area contributed by atoms with E-state index in [2.05, 4.69) is 5.32 Å². The molecule has 0 saturated heterocycles. The van der Waals surface area contributed by atoms with Crippen molar-refractivity contribution in [1.82, 2.24) is 4.57 Å². The van der Waals surface area contributed by atoms with Gasteiger partial charge in [-0.25, -0.2) is 9.18 Å². The summed E-state index contributed by atoms with van der Waals surface area (Å²) in [6, 6.07) is 5.65. The van der Waals surface area contributed by atoms with Crippen molar-refractivity contribution in [2.75, 3.05) is 18.5 Å². The van der Waals surface area contributed by atoms with Gasteiger partial charge in [-0.2, -0.15) is 0 Å². The average molecular weight is 384 g/mol. The fourth-order valence-electron chi connectivity index (χ4n) is 4.41. The molecule has 0 amide bonds. The second-order valence-corrected chi connectivity index (χ2v) is 7.50. The lowest BCUT2D eigenvalue weighted by Gasteiger charge is -2.25. The van der Waals surface area contributed by atoms with Gasteiger partial charge in [0.05, 0.1) is 18.0 Å². The normalized spacial score (nSPS) is 18.4. The van der Waals surface area contributed by atoms with E-state index in [-0.39, 0.29) is 23.6 Å². The Kier molecular flexibility index (Phi) is 5.20. The molecule has 1 unspecified atom stereocenters. The van der Waals surface area contributed by atoms with Crippen LogP contribution < -0.4 is 5.32 Å². The molecule has 4 rings (SSSR count). The number of fused-ring (bicyclic) bond motifs is 3. The molecule has 0 spiro atoms. The molecule has 0 radical (unpaired) electrons. The number of aromatic nitrogens is 1. The molecule has 28 heavy (non-hydrogen) atoms. The lowest BCUT2D eigenvalue weighted by molar-refractivity contribution is 0.0921. The van der Waals surface area contributed by atoms with E-state index in [1.54, 1.807) is 11.5 Å². The standard InChI is InChI=1S/C22H25FN2O3/c1-2-28-22(27)25-18-7-5-3-4-6-17(18)20-19(25)12-15(13-24-20)21(26)14-8-10-16(23)11-9-14/h8-11,15,24H,2-7,12-13H2,1H3. The van der Waals surface area contributed by atoms with Crippen LogP contribution in [0.4, 0.5) is 14.9 Å².